The first-order valence-corrected chi connectivity index (χ1v) is 19.2. The monoisotopic (exact) mass is 646 g/mol. The zero-order valence-corrected chi connectivity index (χ0v) is 29.1. The predicted molar refractivity (Wildman–Crippen MR) is 183 cm³/mol. The Bertz CT molecular complexity index is 950. The average molecular weight is 647 g/mol. The summed E-state index contributed by atoms with van der Waals surface area (Å²) in [5.74, 6) is -0.241. The van der Waals surface area contributed by atoms with E-state index >= 15 is 0 Å². The predicted octanol–water partition coefficient (Wildman–Crippen LogP) is 11.5. The van der Waals surface area contributed by atoms with E-state index in [0.29, 0.717) is 11.8 Å². The number of hydrogen-bond acceptors (Lipinski definition) is 4. The molecular weight excluding hydrogens is 582 g/mol. The SMILES string of the molecule is CCCCCCCC[C@H](F)C(=O)O[C@H]1CC[C@H](CCc2ccc([C@H]3CC[C@H](OC(=O)[C@@H](F)CCCCCCCC)CC3)cc2)CC1. The quantitative estimate of drug-likeness (QED) is 0.0929. The van der Waals surface area contributed by atoms with Crippen molar-refractivity contribution in [3.8, 4) is 0 Å². The maximum atomic E-state index is 14.3. The van der Waals surface area contributed by atoms with Crippen molar-refractivity contribution in [2.45, 2.75) is 198 Å². The van der Waals surface area contributed by atoms with Gasteiger partial charge in [0.05, 0.1) is 0 Å². The zero-order chi connectivity index (χ0) is 33.0. The van der Waals surface area contributed by atoms with Crippen molar-refractivity contribution in [1.82, 2.24) is 0 Å². The molecule has 4 nitrogen and oxygen atoms in total. The van der Waals surface area contributed by atoms with Gasteiger partial charge in [-0.1, -0.05) is 102 Å². The first-order valence-electron chi connectivity index (χ1n) is 19.2. The number of esters is 2. The van der Waals surface area contributed by atoms with E-state index in [9.17, 15) is 18.4 Å². The van der Waals surface area contributed by atoms with E-state index in [1.807, 2.05) is 0 Å². The highest BCUT2D eigenvalue weighted by Gasteiger charge is 2.29. The van der Waals surface area contributed by atoms with Crippen molar-refractivity contribution in [2.75, 3.05) is 0 Å². The largest absolute Gasteiger partial charge is 0.460 e. The minimum atomic E-state index is -1.49. The smallest absolute Gasteiger partial charge is 0.340 e. The normalized spacial score (nSPS) is 23.0. The number of benzene rings is 1. The molecule has 2 fully saturated rings. The van der Waals surface area contributed by atoms with Crippen molar-refractivity contribution in [2.24, 2.45) is 5.92 Å². The maximum Gasteiger partial charge on any atom is 0.340 e. The molecule has 2 aliphatic carbocycles. The molecule has 2 atom stereocenters. The van der Waals surface area contributed by atoms with E-state index in [4.69, 9.17) is 9.47 Å². The molecule has 262 valence electrons. The number of rotatable bonds is 22. The lowest BCUT2D eigenvalue weighted by Crippen LogP contribution is -2.29. The van der Waals surface area contributed by atoms with Crippen LogP contribution in [0.1, 0.15) is 179 Å². The third-order valence-electron chi connectivity index (χ3n) is 10.5. The summed E-state index contributed by atoms with van der Waals surface area (Å²) in [6, 6.07) is 8.99. The van der Waals surface area contributed by atoms with Crippen molar-refractivity contribution in [1.29, 1.82) is 0 Å². The van der Waals surface area contributed by atoms with Gasteiger partial charge in [0, 0.05) is 0 Å². The fourth-order valence-electron chi connectivity index (χ4n) is 7.30. The topological polar surface area (TPSA) is 52.6 Å². The second-order valence-corrected chi connectivity index (χ2v) is 14.3. The van der Waals surface area contributed by atoms with E-state index < -0.39 is 24.3 Å². The standard InChI is InChI=1S/C40H64F2O4/c1-3-5-7-9-11-13-15-37(41)39(43)45-35-27-21-32(22-28-35)18-17-31-19-23-33(24-20-31)34-25-29-36(30-26-34)46-40(44)38(42)16-14-12-10-8-6-4-2/h19-20,23-24,32,34-38H,3-18,21-22,25-30H2,1-2H3/t32-,34-,35-,36-,37-,38-/m0/s1. The minimum Gasteiger partial charge on any atom is -0.460 e. The molecule has 6 heteroatoms. The summed E-state index contributed by atoms with van der Waals surface area (Å²) in [6.07, 6.45) is 19.6. The molecule has 0 saturated heterocycles. The minimum absolute atomic E-state index is 0.132. The molecule has 0 aromatic heterocycles. The summed E-state index contributed by atoms with van der Waals surface area (Å²) in [6.45, 7) is 4.36. The highest BCUT2D eigenvalue weighted by molar-refractivity contribution is 5.75. The molecule has 0 radical (unpaired) electrons. The van der Waals surface area contributed by atoms with Crippen LogP contribution in [0.15, 0.2) is 24.3 Å². The molecule has 0 bridgehead atoms. The summed E-state index contributed by atoms with van der Waals surface area (Å²) in [5.41, 5.74) is 2.68. The summed E-state index contributed by atoms with van der Waals surface area (Å²) in [4.78, 5) is 24.5. The Morgan fingerprint density at radius 1 is 0.630 bits per heavy atom. The van der Waals surface area contributed by atoms with Gasteiger partial charge in [0.1, 0.15) is 12.2 Å². The van der Waals surface area contributed by atoms with Gasteiger partial charge in [-0.3, -0.25) is 0 Å². The highest BCUT2D eigenvalue weighted by atomic mass is 19.1. The number of carbonyl (C=O) groups is 2. The van der Waals surface area contributed by atoms with E-state index in [-0.39, 0.29) is 25.0 Å². The number of hydrogen-bond donors (Lipinski definition) is 0. The molecule has 0 amide bonds. The number of halogens is 2. The third kappa shape index (κ3) is 14.8. The number of ether oxygens (including phenoxy) is 2. The Morgan fingerprint density at radius 3 is 1.54 bits per heavy atom. The van der Waals surface area contributed by atoms with E-state index in [1.165, 1.54) is 49.7 Å². The van der Waals surface area contributed by atoms with E-state index in [0.717, 1.165) is 103 Å². The van der Waals surface area contributed by atoms with Crippen LogP contribution >= 0.6 is 0 Å². The van der Waals surface area contributed by atoms with Gasteiger partial charge >= 0.3 is 11.9 Å². The maximum absolute atomic E-state index is 14.3. The Hall–Kier alpha value is -1.98. The lowest BCUT2D eigenvalue weighted by molar-refractivity contribution is -0.158. The molecule has 0 unspecified atom stereocenters. The average Bonchev–Trinajstić information content (AvgIpc) is 3.08. The van der Waals surface area contributed by atoms with E-state index in [1.54, 1.807) is 0 Å². The van der Waals surface area contributed by atoms with Crippen molar-refractivity contribution >= 4 is 11.9 Å². The Kier molecular flexibility index (Phi) is 18.9. The van der Waals surface area contributed by atoms with Crippen LogP contribution in [0.25, 0.3) is 0 Å². The lowest BCUT2D eigenvalue weighted by Gasteiger charge is -2.29. The molecule has 0 heterocycles. The van der Waals surface area contributed by atoms with Gasteiger partial charge in [-0.05, 0) is 113 Å². The first kappa shape index (κ1) is 38.5. The van der Waals surface area contributed by atoms with Gasteiger partial charge in [-0.15, -0.1) is 0 Å². The van der Waals surface area contributed by atoms with Crippen LogP contribution in [0, 0.1) is 5.92 Å². The van der Waals surface area contributed by atoms with Crippen LogP contribution in [0.4, 0.5) is 8.78 Å². The number of alkyl halides is 2. The van der Waals surface area contributed by atoms with Gasteiger partial charge in [-0.2, -0.15) is 0 Å². The molecule has 1 aromatic rings. The van der Waals surface area contributed by atoms with Crippen LogP contribution in [0.5, 0.6) is 0 Å². The molecule has 0 N–H and O–H groups in total. The van der Waals surface area contributed by atoms with Crippen LogP contribution in [-0.2, 0) is 25.5 Å². The molecule has 2 aliphatic rings. The van der Waals surface area contributed by atoms with E-state index in [2.05, 4.69) is 38.1 Å². The summed E-state index contributed by atoms with van der Waals surface area (Å²) in [5, 5.41) is 0. The molecule has 0 aliphatic heterocycles. The van der Waals surface area contributed by atoms with Crippen LogP contribution < -0.4 is 0 Å². The van der Waals surface area contributed by atoms with Crippen molar-refractivity contribution < 1.29 is 27.8 Å². The first-order chi connectivity index (χ1) is 22.4. The Labute approximate surface area is 279 Å². The molecule has 3 rings (SSSR count). The fraction of sp³-hybridized carbons (Fsp3) is 0.800. The zero-order valence-electron chi connectivity index (χ0n) is 29.1. The van der Waals surface area contributed by atoms with Gasteiger partial charge in [0.2, 0.25) is 0 Å². The summed E-state index contributed by atoms with van der Waals surface area (Å²) >= 11 is 0. The number of carbonyl (C=O) groups excluding carboxylic acids is 2. The summed E-state index contributed by atoms with van der Waals surface area (Å²) < 4.78 is 39.7. The van der Waals surface area contributed by atoms with Crippen LogP contribution in [0.3, 0.4) is 0 Å². The van der Waals surface area contributed by atoms with Crippen LogP contribution in [0.2, 0.25) is 0 Å². The Morgan fingerprint density at radius 2 is 1.07 bits per heavy atom. The van der Waals surface area contributed by atoms with Gasteiger partial charge in [0.25, 0.3) is 0 Å². The van der Waals surface area contributed by atoms with Gasteiger partial charge in [0.15, 0.2) is 12.3 Å². The number of aryl methyl sites for hydroxylation is 1. The number of unbranched alkanes of at least 4 members (excludes halogenated alkanes) is 10. The van der Waals surface area contributed by atoms with Gasteiger partial charge < -0.3 is 9.47 Å². The molecule has 46 heavy (non-hydrogen) atoms. The van der Waals surface area contributed by atoms with Crippen LogP contribution in [-0.4, -0.2) is 36.5 Å². The molecular formula is C40H64F2O4. The second-order valence-electron chi connectivity index (χ2n) is 14.3. The molecule has 2 saturated carbocycles. The second kappa shape index (κ2) is 22.6. The molecule has 1 aromatic carbocycles. The van der Waals surface area contributed by atoms with Crippen molar-refractivity contribution in [3.63, 3.8) is 0 Å². The van der Waals surface area contributed by atoms with Crippen molar-refractivity contribution in [3.05, 3.63) is 35.4 Å². The fourth-order valence-corrected chi connectivity index (χ4v) is 7.30. The molecule has 0 spiro atoms. The van der Waals surface area contributed by atoms with Gasteiger partial charge in [-0.25, -0.2) is 18.4 Å². The third-order valence-corrected chi connectivity index (χ3v) is 10.5. The lowest BCUT2D eigenvalue weighted by atomic mass is 9.81. The Balaban J connectivity index is 1.26. The highest BCUT2D eigenvalue weighted by Crippen LogP contribution is 2.35. The summed E-state index contributed by atoms with van der Waals surface area (Å²) in [7, 11) is 0.